The molecule has 0 aliphatic heterocycles. The molecule has 3 rings (SSSR count). The van der Waals surface area contributed by atoms with Crippen molar-refractivity contribution in [1.82, 2.24) is 24.7 Å². The molecule has 10 heteroatoms. The Hall–Kier alpha value is -2.81. The Morgan fingerprint density at radius 1 is 1.22 bits per heavy atom. The maximum absolute atomic E-state index is 10.5. The van der Waals surface area contributed by atoms with E-state index in [1.54, 1.807) is 12.4 Å². The Kier molecular flexibility index (Phi) is 5.36. The van der Waals surface area contributed by atoms with E-state index in [0.29, 0.717) is 13.1 Å². The van der Waals surface area contributed by atoms with Crippen molar-refractivity contribution < 1.29 is 4.92 Å². The summed E-state index contributed by atoms with van der Waals surface area (Å²) >= 11 is 0. The number of aryl methyl sites for hydroxylation is 1. The van der Waals surface area contributed by atoms with Gasteiger partial charge in [-0.2, -0.15) is 4.68 Å². The van der Waals surface area contributed by atoms with Gasteiger partial charge in [0, 0.05) is 24.0 Å². The molecule has 0 radical (unpaired) electrons. The van der Waals surface area contributed by atoms with Crippen LogP contribution in [0.15, 0.2) is 36.9 Å². The Balaban J connectivity index is 0.00000192. The number of nitrogens with one attached hydrogen (secondary N) is 1. The molecule has 0 saturated heterocycles. The van der Waals surface area contributed by atoms with Crippen LogP contribution in [0.5, 0.6) is 0 Å². The van der Waals surface area contributed by atoms with Crippen LogP contribution in [-0.2, 0) is 6.54 Å². The van der Waals surface area contributed by atoms with Crippen LogP contribution >= 0.6 is 12.4 Å². The zero-order chi connectivity index (χ0) is 15.4. The SMILES string of the molecule is Cl.O=[N+]([O-])c1ncn(CCCNc2ccnc3cccnc23)n1. The summed E-state index contributed by atoms with van der Waals surface area (Å²) in [6, 6.07) is 5.62. The summed E-state index contributed by atoms with van der Waals surface area (Å²) in [5.74, 6) is -0.378. The first kappa shape index (κ1) is 16.6. The molecule has 0 aromatic carbocycles. The summed E-state index contributed by atoms with van der Waals surface area (Å²) in [6.45, 7) is 1.23. The third kappa shape index (κ3) is 3.89. The quantitative estimate of drug-likeness (QED) is 0.416. The third-order valence-electron chi connectivity index (χ3n) is 3.06. The van der Waals surface area contributed by atoms with Crippen LogP contribution < -0.4 is 5.32 Å². The summed E-state index contributed by atoms with van der Waals surface area (Å²) < 4.78 is 1.46. The molecule has 23 heavy (non-hydrogen) atoms. The van der Waals surface area contributed by atoms with Gasteiger partial charge in [0.25, 0.3) is 0 Å². The van der Waals surface area contributed by atoms with Crippen molar-refractivity contribution in [2.75, 3.05) is 11.9 Å². The van der Waals surface area contributed by atoms with Gasteiger partial charge in [0.1, 0.15) is 5.52 Å². The predicted octanol–water partition coefficient (Wildman–Crippen LogP) is 2.05. The number of rotatable bonds is 6. The molecule has 0 amide bonds. The van der Waals surface area contributed by atoms with E-state index in [9.17, 15) is 10.1 Å². The molecular weight excluding hydrogens is 322 g/mol. The maximum Gasteiger partial charge on any atom is 0.490 e. The number of pyridine rings is 2. The number of nitro groups is 1. The normalized spacial score (nSPS) is 10.3. The van der Waals surface area contributed by atoms with E-state index in [2.05, 4.69) is 25.4 Å². The van der Waals surface area contributed by atoms with Crippen molar-refractivity contribution in [3.63, 3.8) is 0 Å². The fourth-order valence-electron chi connectivity index (χ4n) is 2.06. The lowest BCUT2D eigenvalue weighted by Crippen LogP contribution is -2.08. The van der Waals surface area contributed by atoms with E-state index >= 15 is 0 Å². The number of nitrogens with zero attached hydrogens (tertiary/aromatic N) is 6. The number of hydrogen-bond acceptors (Lipinski definition) is 7. The second kappa shape index (κ2) is 7.45. The highest BCUT2D eigenvalue weighted by Gasteiger charge is 2.12. The van der Waals surface area contributed by atoms with Crippen LogP contribution in [0.4, 0.5) is 11.6 Å². The minimum absolute atomic E-state index is 0. The van der Waals surface area contributed by atoms with Crippen molar-refractivity contribution >= 4 is 35.1 Å². The van der Waals surface area contributed by atoms with Crippen LogP contribution in [0.2, 0.25) is 0 Å². The Morgan fingerprint density at radius 3 is 2.87 bits per heavy atom. The van der Waals surface area contributed by atoms with E-state index in [4.69, 9.17) is 0 Å². The van der Waals surface area contributed by atoms with Gasteiger partial charge in [-0.3, -0.25) is 9.97 Å². The molecule has 0 atom stereocenters. The number of anilines is 1. The first-order valence-corrected chi connectivity index (χ1v) is 6.71. The number of fused-ring (bicyclic) bond motifs is 1. The number of hydrogen-bond donors (Lipinski definition) is 1. The molecule has 1 N–H and O–H groups in total. The topological polar surface area (TPSA) is 112 Å². The maximum atomic E-state index is 10.5. The fourth-order valence-corrected chi connectivity index (χ4v) is 2.06. The van der Waals surface area contributed by atoms with Crippen molar-refractivity contribution in [1.29, 1.82) is 0 Å². The summed E-state index contributed by atoms with van der Waals surface area (Å²) in [4.78, 5) is 22.1. The highest BCUT2D eigenvalue weighted by Crippen LogP contribution is 2.18. The van der Waals surface area contributed by atoms with Gasteiger partial charge in [-0.1, -0.05) is 4.98 Å². The minimum Gasteiger partial charge on any atom is -0.390 e. The summed E-state index contributed by atoms with van der Waals surface area (Å²) in [5.41, 5.74) is 2.57. The Bertz CT molecular complexity index is 802. The van der Waals surface area contributed by atoms with Gasteiger partial charge in [-0.15, -0.1) is 12.4 Å². The minimum atomic E-state index is -0.608. The van der Waals surface area contributed by atoms with Crippen molar-refractivity contribution in [2.45, 2.75) is 13.0 Å². The molecule has 120 valence electrons. The molecule has 0 fully saturated rings. The van der Waals surface area contributed by atoms with Crippen molar-refractivity contribution in [3.8, 4) is 0 Å². The summed E-state index contributed by atoms with van der Waals surface area (Å²) in [6.07, 6.45) is 5.57. The Morgan fingerprint density at radius 2 is 2.09 bits per heavy atom. The second-order valence-corrected chi connectivity index (χ2v) is 4.57. The van der Waals surface area contributed by atoms with Crippen LogP contribution in [-0.4, -0.2) is 36.2 Å². The molecule has 3 aromatic heterocycles. The van der Waals surface area contributed by atoms with Crippen molar-refractivity contribution in [2.24, 2.45) is 0 Å². The average Bonchev–Trinajstić information content (AvgIpc) is 3.01. The van der Waals surface area contributed by atoms with Gasteiger partial charge in [-0.25, -0.2) is 0 Å². The summed E-state index contributed by atoms with van der Waals surface area (Å²) in [7, 11) is 0. The zero-order valence-corrected chi connectivity index (χ0v) is 12.8. The summed E-state index contributed by atoms with van der Waals surface area (Å²) in [5, 5.41) is 17.5. The standard InChI is InChI=1S/C13H13N7O2.ClH/c21-20(22)13-17-9-19(18-13)8-2-6-14-11-4-7-15-10-3-1-5-16-12(10)11;/h1,3-5,7,9H,2,6,8H2,(H,14,15);1H. The lowest BCUT2D eigenvalue weighted by Gasteiger charge is -2.07. The van der Waals surface area contributed by atoms with Gasteiger partial charge in [0.15, 0.2) is 0 Å². The molecule has 0 saturated carbocycles. The van der Waals surface area contributed by atoms with Gasteiger partial charge < -0.3 is 15.4 Å². The molecule has 0 aliphatic rings. The molecule has 3 heterocycles. The highest BCUT2D eigenvalue weighted by molar-refractivity contribution is 5.86. The molecule has 3 aromatic rings. The van der Waals surface area contributed by atoms with E-state index in [0.717, 1.165) is 23.1 Å². The second-order valence-electron chi connectivity index (χ2n) is 4.57. The number of halogens is 1. The van der Waals surface area contributed by atoms with E-state index in [-0.39, 0.29) is 18.4 Å². The zero-order valence-electron chi connectivity index (χ0n) is 12.0. The average molecular weight is 336 g/mol. The molecule has 0 bridgehead atoms. The number of aromatic nitrogens is 5. The first-order chi connectivity index (χ1) is 10.7. The molecule has 0 spiro atoms. The van der Waals surface area contributed by atoms with E-state index < -0.39 is 4.92 Å². The van der Waals surface area contributed by atoms with Crippen LogP contribution in [0.1, 0.15) is 6.42 Å². The fraction of sp³-hybridized carbons (Fsp3) is 0.231. The van der Waals surface area contributed by atoms with Gasteiger partial charge in [0.05, 0.1) is 17.7 Å². The van der Waals surface area contributed by atoms with E-state index in [1.165, 1.54) is 11.0 Å². The molecule has 0 unspecified atom stereocenters. The molecule has 0 aliphatic carbocycles. The van der Waals surface area contributed by atoms with Gasteiger partial charge >= 0.3 is 5.95 Å². The smallest absolute Gasteiger partial charge is 0.390 e. The lowest BCUT2D eigenvalue weighted by atomic mass is 10.2. The van der Waals surface area contributed by atoms with Gasteiger partial charge in [0.2, 0.25) is 6.33 Å². The third-order valence-corrected chi connectivity index (χ3v) is 3.06. The van der Waals surface area contributed by atoms with Crippen LogP contribution in [0.3, 0.4) is 0 Å². The van der Waals surface area contributed by atoms with Crippen LogP contribution in [0, 0.1) is 10.1 Å². The van der Waals surface area contributed by atoms with Crippen LogP contribution in [0.25, 0.3) is 11.0 Å². The Labute approximate surface area is 137 Å². The lowest BCUT2D eigenvalue weighted by molar-refractivity contribution is -0.394. The molecule has 9 nitrogen and oxygen atoms in total. The highest BCUT2D eigenvalue weighted by atomic mass is 35.5. The largest absolute Gasteiger partial charge is 0.490 e. The van der Waals surface area contributed by atoms with Gasteiger partial charge in [-0.05, 0) is 29.5 Å². The monoisotopic (exact) mass is 335 g/mol. The predicted molar refractivity (Wildman–Crippen MR) is 86.6 cm³/mol. The first-order valence-electron chi connectivity index (χ1n) is 6.71. The molecular formula is C13H14ClN7O2. The van der Waals surface area contributed by atoms with E-state index in [1.807, 2.05) is 18.2 Å². The van der Waals surface area contributed by atoms with Crippen molar-refractivity contribution in [3.05, 3.63) is 47.0 Å².